The molecule has 0 saturated carbocycles. The zero-order valence-corrected chi connectivity index (χ0v) is 24.1. The summed E-state index contributed by atoms with van der Waals surface area (Å²) in [6, 6.07) is 15.0. The van der Waals surface area contributed by atoms with Crippen LogP contribution in [-0.4, -0.2) is 67.0 Å². The fourth-order valence-electron chi connectivity index (χ4n) is 2.22. The third-order valence-electron chi connectivity index (χ3n) is 3.56. The molecule has 0 aromatic heterocycles. The van der Waals surface area contributed by atoms with E-state index in [9.17, 15) is 28.8 Å². The summed E-state index contributed by atoms with van der Waals surface area (Å²) in [5, 5.41) is 42.1. The molecular weight excluding hydrogens is 575 g/mol. The van der Waals surface area contributed by atoms with Crippen molar-refractivity contribution in [1.29, 1.82) is 0 Å². The molecule has 0 fully saturated rings. The number of aromatic hydroxyl groups is 2. The molecule has 6 N–H and O–H groups in total. The molecular formula is C24H30N2O9S2V. The van der Waals surface area contributed by atoms with Crippen LogP contribution in [0.3, 0.4) is 0 Å². The molecule has 0 aliphatic heterocycles. The number of hydrogen-bond acceptors (Lipinski definition) is 8. The van der Waals surface area contributed by atoms with Gasteiger partial charge in [0.25, 0.3) is 0 Å². The Bertz CT molecular complexity index is 1110. The number of benzene rings is 3. The summed E-state index contributed by atoms with van der Waals surface area (Å²) < 4.78 is 19.1. The molecule has 0 amide bonds. The molecule has 207 valence electrons. The van der Waals surface area contributed by atoms with E-state index in [0.717, 1.165) is 12.1 Å². The maximum atomic E-state index is 11.8. The summed E-state index contributed by atoms with van der Waals surface area (Å²) in [7, 11) is -1.22. The van der Waals surface area contributed by atoms with Crippen LogP contribution < -0.4 is 10.2 Å². The van der Waals surface area contributed by atoms with Crippen molar-refractivity contribution < 1.29 is 63.8 Å². The monoisotopic (exact) mass is 605 g/mol. The van der Waals surface area contributed by atoms with Gasteiger partial charge in [-0.15, -0.1) is 0 Å². The van der Waals surface area contributed by atoms with Crippen LogP contribution in [0.15, 0.2) is 70.6 Å². The minimum absolute atomic E-state index is 0. The van der Waals surface area contributed by atoms with Crippen LogP contribution >= 0.6 is 0 Å². The van der Waals surface area contributed by atoms with Crippen molar-refractivity contribution in [3.05, 3.63) is 71.8 Å². The van der Waals surface area contributed by atoms with Crippen LogP contribution in [0.1, 0.15) is 11.1 Å². The quantitative estimate of drug-likeness (QED) is 0.410. The summed E-state index contributed by atoms with van der Waals surface area (Å²) in [6.07, 6.45) is 9.35. The number of nitrogens with zero attached hydrogens (tertiary/aromatic N) is 2. The fraction of sp³-hybridized carbons (Fsp3) is 0.167. The predicted molar refractivity (Wildman–Crippen MR) is 144 cm³/mol. The molecule has 0 aliphatic rings. The van der Waals surface area contributed by atoms with E-state index in [1.807, 2.05) is 0 Å². The maximum Gasteiger partial charge on any atom is 4.00 e. The fourth-order valence-corrected chi connectivity index (χ4v) is 2.22. The third kappa shape index (κ3) is 17.4. The Morgan fingerprint density at radius 2 is 0.974 bits per heavy atom. The van der Waals surface area contributed by atoms with Crippen molar-refractivity contribution in [1.82, 2.24) is 0 Å². The summed E-state index contributed by atoms with van der Waals surface area (Å²) in [6.45, 7) is 0. The molecule has 1 radical (unpaired) electrons. The summed E-state index contributed by atoms with van der Waals surface area (Å²) in [5.41, 5.74) is 1.70. The van der Waals surface area contributed by atoms with Crippen molar-refractivity contribution in [3.8, 4) is 23.0 Å². The van der Waals surface area contributed by atoms with Crippen LogP contribution in [0, 0.1) is 0 Å². The van der Waals surface area contributed by atoms with E-state index in [0.29, 0.717) is 22.5 Å². The normalized spacial score (nSPS) is 9.63. The van der Waals surface area contributed by atoms with E-state index in [4.69, 9.17) is 0 Å². The van der Waals surface area contributed by atoms with Gasteiger partial charge in [-0.05, 0) is 47.5 Å². The average Bonchev–Trinajstić information content (AvgIpc) is 2.72. The number of phenolic OH excluding ortho intramolecular Hbond substituents is 2. The molecule has 0 bridgehead atoms. The summed E-state index contributed by atoms with van der Waals surface area (Å²) >= 11 is 0. The van der Waals surface area contributed by atoms with E-state index in [2.05, 4.69) is 9.98 Å². The van der Waals surface area contributed by atoms with Crippen molar-refractivity contribution in [2.24, 2.45) is 9.98 Å². The van der Waals surface area contributed by atoms with Gasteiger partial charge in [-0.2, -0.15) is 0 Å². The second kappa shape index (κ2) is 22.0. The largest absolute Gasteiger partial charge is 4.00 e. The van der Waals surface area contributed by atoms with Crippen molar-refractivity contribution >= 4 is 45.4 Å². The molecule has 14 heteroatoms. The zero-order chi connectivity index (χ0) is 25.7. The Hall–Kier alpha value is -3.04. The Labute approximate surface area is 238 Å². The first-order chi connectivity index (χ1) is 16.0. The molecule has 0 heterocycles. The molecule has 0 spiro atoms. The minimum atomic E-state index is -0.611. The van der Waals surface area contributed by atoms with E-state index in [-0.39, 0.29) is 58.0 Å². The van der Waals surface area contributed by atoms with Crippen LogP contribution in [0.4, 0.5) is 11.4 Å². The van der Waals surface area contributed by atoms with Crippen molar-refractivity contribution in [3.63, 3.8) is 0 Å². The van der Waals surface area contributed by atoms with Gasteiger partial charge in [-0.3, -0.25) is 18.4 Å². The van der Waals surface area contributed by atoms with Gasteiger partial charge in [0, 0.05) is 59.1 Å². The Morgan fingerprint density at radius 1 is 0.684 bits per heavy atom. The molecule has 0 aliphatic carbocycles. The van der Waals surface area contributed by atoms with Gasteiger partial charge < -0.3 is 36.9 Å². The second-order valence-corrected chi connectivity index (χ2v) is 9.90. The summed E-state index contributed by atoms with van der Waals surface area (Å²) in [4.78, 5) is 8.55. The first kappa shape index (κ1) is 42.1. The first-order valence-corrected chi connectivity index (χ1v) is 13.6. The van der Waals surface area contributed by atoms with Gasteiger partial charge >= 0.3 is 18.6 Å². The number of rotatable bonds is 4. The van der Waals surface area contributed by atoms with Crippen molar-refractivity contribution in [2.75, 3.05) is 25.0 Å². The SMILES string of the molecule is CS(C)=O.CS(C)=O.O.O.[O-2].[O-]c1cc(O)ccc1C=Nc1ccccc1N=Cc1ccc(O)cc1[O-].[V+4]. The summed E-state index contributed by atoms with van der Waals surface area (Å²) in [5.74, 6) is -0.872. The van der Waals surface area contributed by atoms with E-state index in [1.54, 1.807) is 49.3 Å². The molecule has 3 aromatic carbocycles. The van der Waals surface area contributed by atoms with E-state index in [1.165, 1.54) is 36.7 Å². The molecule has 0 unspecified atom stereocenters. The smallest absolute Gasteiger partial charge is 2.00 e. The van der Waals surface area contributed by atoms with Gasteiger partial charge in [0.1, 0.15) is 11.5 Å². The zero-order valence-electron chi connectivity index (χ0n) is 21.0. The third-order valence-corrected chi connectivity index (χ3v) is 3.56. The van der Waals surface area contributed by atoms with Crippen LogP contribution in [-0.2, 0) is 45.6 Å². The number of phenols is 2. The Kier molecular flexibility index (Phi) is 24.3. The van der Waals surface area contributed by atoms with Gasteiger partial charge in [0.15, 0.2) is 0 Å². The van der Waals surface area contributed by atoms with Gasteiger partial charge in [-0.1, -0.05) is 35.8 Å². The van der Waals surface area contributed by atoms with Crippen molar-refractivity contribution in [2.45, 2.75) is 0 Å². The van der Waals surface area contributed by atoms with Gasteiger partial charge in [0.2, 0.25) is 0 Å². The molecule has 3 aromatic rings. The maximum absolute atomic E-state index is 11.8. The standard InChI is InChI=1S/C20H16N2O4.2C2H6OS.2H2O.O.V/c23-15-7-5-13(19(25)9-15)11-21-17-3-1-2-4-18(17)22-12-14-6-8-16(24)10-20(14)26;2*1-4(2)3;;;;/h1-12,23-26H;2*1-2H3;2*1H2;;/q;;;;;-2;+4/p-2. The van der Waals surface area contributed by atoms with E-state index >= 15 is 0 Å². The predicted octanol–water partition coefficient (Wildman–Crippen LogP) is 0.965. The topological polar surface area (TPSA) is 237 Å². The average molecular weight is 606 g/mol. The molecule has 0 atom stereocenters. The number of para-hydroxylation sites is 2. The molecule has 38 heavy (non-hydrogen) atoms. The molecule has 11 nitrogen and oxygen atoms in total. The van der Waals surface area contributed by atoms with Crippen LogP contribution in [0.2, 0.25) is 0 Å². The molecule has 0 saturated heterocycles. The first-order valence-electron chi connectivity index (χ1n) is 9.67. The van der Waals surface area contributed by atoms with Gasteiger partial charge in [-0.25, -0.2) is 0 Å². The van der Waals surface area contributed by atoms with Crippen LogP contribution in [0.5, 0.6) is 23.0 Å². The number of aliphatic imine (C=N–C) groups is 2. The number of hydrogen-bond donors (Lipinski definition) is 2. The van der Waals surface area contributed by atoms with Crippen LogP contribution in [0.25, 0.3) is 0 Å². The Balaban J connectivity index is -0.000000427. The minimum Gasteiger partial charge on any atom is -2.00 e. The second-order valence-electron chi connectivity index (χ2n) is 6.93. The Morgan fingerprint density at radius 3 is 1.24 bits per heavy atom. The molecule has 3 rings (SSSR count). The van der Waals surface area contributed by atoms with E-state index < -0.39 is 21.6 Å². The van der Waals surface area contributed by atoms with Gasteiger partial charge in [0.05, 0.1) is 11.4 Å².